The molecule has 0 unspecified atom stereocenters. The van der Waals surface area contributed by atoms with Gasteiger partial charge in [0.15, 0.2) is 10.7 Å². The summed E-state index contributed by atoms with van der Waals surface area (Å²) in [5.41, 5.74) is 1.17. The van der Waals surface area contributed by atoms with E-state index in [1.165, 1.54) is 41.7 Å². The molecule has 3 heterocycles. The Bertz CT molecular complexity index is 1750. The first kappa shape index (κ1) is 33.4. The van der Waals surface area contributed by atoms with Gasteiger partial charge in [0, 0.05) is 24.9 Å². The number of rotatable bonds is 13. The number of nitrogens with one attached hydrogen (secondary N) is 4. The van der Waals surface area contributed by atoms with Crippen LogP contribution in [-0.4, -0.2) is 64.2 Å². The summed E-state index contributed by atoms with van der Waals surface area (Å²) in [5, 5.41) is 14.8. The van der Waals surface area contributed by atoms with Gasteiger partial charge in [-0.3, -0.25) is 24.0 Å². The largest absolute Gasteiger partial charge is 0.361 e. The number of aryl methyl sites for hydroxylation is 1. The van der Waals surface area contributed by atoms with Crippen molar-refractivity contribution in [3.63, 3.8) is 0 Å². The molecule has 2 aromatic heterocycles. The number of carbonyl (C=O) groups is 5. The molecule has 4 amide bonds. The second kappa shape index (κ2) is 14.6. The fourth-order valence-corrected chi connectivity index (χ4v) is 6.30. The highest BCUT2D eigenvalue weighted by Gasteiger charge is 2.36. The van der Waals surface area contributed by atoms with Gasteiger partial charge in [0.2, 0.25) is 23.5 Å². The van der Waals surface area contributed by atoms with Crippen molar-refractivity contribution in [2.45, 2.75) is 58.2 Å². The highest BCUT2D eigenvalue weighted by Crippen LogP contribution is 2.25. The molecule has 5 rings (SSSR count). The van der Waals surface area contributed by atoms with Gasteiger partial charge in [0.05, 0.1) is 16.3 Å². The lowest BCUT2D eigenvalue weighted by Crippen LogP contribution is -2.57. The normalized spacial score (nSPS) is 16.4. The van der Waals surface area contributed by atoms with Crippen molar-refractivity contribution in [1.82, 2.24) is 31.4 Å². The number of hydrogen-bond acceptors (Lipinski definition) is 9. The van der Waals surface area contributed by atoms with Crippen LogP contribution in [0.3, 0.4) is 0 Å². The number of ketones is 1. The van der Waals surface area contributed by atoms with E-state index in [2.05, 4.69) is 31.4 Å². The zero-order valence-electron chi connectivity index (χ0n) is 26.0. The SMILES string of the molecule is Cc1cc(C(=O)N[C@H](C(=O)N[C@@H](Cc2ccc(F)cc2)C(=O)N[C@@H](C[C@H]2CCNC2=O)C(=O)c2nc3ccccc3s2)C(C)C)no1. The number of aromatic nitrogens is 2. The molecule has 4 aromatic rings. The molecule has 2 aromatic carbocycles. The molecule has 0 saturated carbocycles. The fourth-order valence-electron chi connectivity index (χ4n) is 5.34. The van der Waals surface area contributed by atoms with Crippen molar-refractivity contribution in [2.75, 3.05) is 6.54 Å². The minimum Gasteiger partial charge on any atom is -0.361 e. The van der Waals surface area contributed by atoms with Gasteiger partial charge in [-0.05, 0) is 55.5 Å². The molecule has 47 heavy (non-hydrogen) atoms. The molecule has 4 N–H and O–H groups in total. The Kier molecular flexibility index (Phi) is 10.4. The third-order valence-corrected chi connectivity index (χ3v) is 8.95. The van der Waals surface area contributed by atoms with Crippen LogP contribution in [0.1, 0.15) is 58.3 Å². The quantitative estimate of drug-likeness (QED) is 0.158. The molecule has 12 nitrogen and oxygen atoms in total. The Hall–Kier alpha value is -4.98. The van der Waals surface area contributed by atoms with E-state index in [1.54, 1.807) is 32.9 Å². The molecule has 0 spiro atoms. The summed E-state index contributed by atoms with van der Waals surface area (Å²) >= 11 is 1.19. The van der Waals surface area contributed by atoms with Crippen molar-refractivity contribution >= 4 is 51.0 Å². The summed E-state index contributed by atoms with van der Waals surface area (Å²) in [6.07, 6.45) is 0.477. The average molecular weight is 663 g/mol. The van der Waals surface area contributed by atoms with Gasteiger partial charge in [-0.2, -0.15) is 0 Å². The van der Waals surface area contributed by atoms with Crippen molar-refractivity contribution in [2.24, 2.45) is 11.8 Å². The maximum absolute atomic E-state index is 14.0. The fraction of sp³-hybridized carbons (Fsp3) is 0.364. The highest BCUT2D eigenvalue weighted by molar-refractivity contribution is 7.20. The zero-order chi connectivity index (χ0) is 33.7. The molecular formula is C33H35FN6O6S. The van der Waals surface area contributed by atoms with Crippen LogP contribution < -0.4 is 21.3 Å². The second-order valence-electron chi connectivity index (χ2n) is 11.8. The van der Waals surface area contributed by atoms with Crippen LogP contribution in [0.5, 0.6) is 0 Å². The van der Waals surface area contributed by atoms with Crippen LogP contribution in [-0.2, 0) is 20.8 Å². The number of nitrogens with zero attached hydrogens (tertiary/aromatic N) is 2. The van der Waals surface area contributed by atoms with Gasteiger partial charge in [-0.15, -0.1) is 11.3 Å². The monoisotopic (exact) mass is 662 g/mol. The molecule has 0 aliphatic carbocycles. The van der Waals surface area contributed by atoms with Gasteiger partial charge >= 0.3 is 0 Å². The van der Waals surface area contributed by atoms with Gasteiger partial charge in [-0.1, -0.05) is 43.3 Å². The van der Waals surface area contributed by atoms with E-state index >= 15 is 0 Å². The van der Waals surface area contributed by atoms with Crippen LogP contribution >= 0.6 is 11.3 Å². The van der Waals surface area contributed by atoms with E-state index in [0.29, 0.717) is 29.8 Å². The van der Waals surface area contributed by atoms with E-state index in [0.717, 1.165) is 4.70 Å². The maximum atomic E-state index is 14.0. The third-order valence-electron chi connectivity index (χ3n) is 7.90. The highest BCUT2D eigenvalue weighted by atomic mass is 32.1. The Balaban J connectivity index is 1.40. The predicted molar refractivity (Wildman–Crippen MR) is 171 cm³/mol. The van der Waals surface area contributed by atoms with Gasteiger partial charge in [-0.25, -0.2) is 9.37 Å². The van der Waals surface area contributed by atoms with Crippen molar-refractivity contribution in [3.8, 4) is 0 Å². The second-order valence-corrected chi connectivity index (χ2v) is 12.9. The molecule has 4 atom stereocenters. The maximum Gasteiger partial charge on any atom is 0.274 e. The molecule has 0 bridgehead atoms. The number of benzene rings is 2. The van der Waals surface area contributed by atoms with Crippen molar-refractivity contribution < 1.29 is 32.9 Å². The van der Waals surface area contributed by atoms with E-state index < -0.39 is 59.3 Å². The molecule has 1 aliphatic rings. The summed E-state index contributed by atoms with van der Waals surface area (Å²) in [5.74, 6) is -3.60. The molecule has 1 saturated heterocycles. The van der Waals surface area contributed by atoms with Gasteiger partial charge in [0.25, 0.3) is 5.91 Å². The van der Waals surface area contributed by atoms with Gasteiger partial charge in [0.1, 0.15) is 23.7 Å². The number of Topliss-reactive ketones (excluding diaryl/α,β-unsaturated/α-hetero) is 1. The molecule has 14 heteroatoms. The van der Waals surface area contributed by atoms with E-state index in [9.17, 15) is 28.4 Å². The van der Waals surface area contributed by atoms with Crippen molar-refractivity contribution in [3.05, 3.63) is 82.4 Å². The number of fused-ring (bicyclic) bond motifs is 1. The van der Waals surface area contributed by atoms with Crippen LogP contribution in [0.4, 0.5) is 4.39 Å². The number of para-hydroxylation sites is 1. The smallest absolute Gasteiger partial charge is 0.274 e. The number of halogens is 1. The van der Waals surface area contributed by atoms with Crippen LogP contribution in [0.15, 0.2) is 59.1 Å². The number of amides is 4. The Morgan fingerprint density at radius 1 is 1.02 bits per heavy atom. The zero-order valence-corrected chi connectivity index (χ0v) is 26.9. The Labute approximate surface area is 273 Å². The third kappa shape index (κ3) is 8.25. The first-order chi connectivity index (χ1) is 22.5. The predicted octanol–water partition coefficient (Wildman–Crippen LogP) is 3.11. The first-order valence-electron chi connectivity index (χ1n) is 15.3. The Morgan fingerprint density at radius 2 is 1.74 bits per heavy atom. The number of thiazole rings is 1. The standard InChI is InChI=1S/C33H35FN6O6S/c1-17(2)27(39-31(44)25-14-18(3)46-40-25)32(45)37-24(15-19-8-10-21(34)11-9-19)30(43)36-23(16-20-12-13-35-29(20)42)28(41)33-38-22-6-4-5-7-26(22)47-33/h4-11,14,17,20,23-24,27H,12-13,15-16H2,1-3H3,(H,35,42)(H,36,43)(H,37,45)(H,39,44)/t20-,23+,24+,27+/m1/s1. The topological polar surface area (TPSA) is 172 Å². The van der Waals surface area contributed by atoms with Crippen molar-refractivity contribution in [1.29, 1.82) is 0 Å². The van der Waals surface area contributed by atoms with Crippen LogP contribution in [0, 0.1) is 24.6 Å². The molecule has 0 radical (unpaired) electrons. The summed E-state index contributed by atoms with van der Waals surface area (Å²) in [7, 11) is 0. The summed E-state index contributed by atoms with van der Waals surface area (Å²) in [6, 6.07) is 10.7. The lowest BCUT2D eigenvalue weighted by atomic mass is 9.95. The lowest BCUT2D eigenvalue weighted by molar-refractivity contribution is -0.130. The summed E-state index contributed by atoms with van der Waals surface area (Å²) < 4.78 is 19.5. The lowest BCUT2D eigenvalue weighted by Gasteiger charge is -2.27. The van der Waals surface area contributed by atoms with Gasteiger partial charge < -0.3 is 25.8 Å². The summed E-state index contributed by atoms with van der Waals surface area (Å²) in [4.78, 5) is 71.3. The first-order valence-corrected chi connectivity index (χ1v) is 16.1. The molecular weight excluding hydrogens is 627 g/mol. The molecule has 1 fully saturated rings. The molecule has 246 valence electrons. The van der Waals surface area contributed by atoms with E-state index in [4.69, 9.17) is 4.52 Å². The average Bonchev–Trinajstić information content (AvgIpc) is 3.79. The molecule has 1 aliphatic heterocycles. The number of hydrogen-bond donors (Lipinski definition) is 4. The minimum absolute atomic E-state index is 0.00583. The van der Waals surface area contributed by atoms with E-state index in [1.807, 2.05) is 12.1 Å². The van der Waals surface area contributed by atoms with Crippen LogP contribution in [0.2, 0.25) is 0 Å². The minimum atomic E-state index is -1.23. The Morgan fingerprint density at radius 3 is 2.38 bits per heavy atom. The van der Waals surface area contributed by atoms with E-state index in [-0.39, 0.29) is 29.5 Å². The summed E-state index contributed by atoms with van der Waals surface area (Å²) in [6.45, 7) is 5.54. The number of carbonyl (C=O) groups excluding carboxylic acids is 5. The van der Waals surface area contributed by atoms with Crippen LogP contribution in [0.25, 0.3) is 10.2 Å².